The lowest BCUT2D eigenvalue weighted by Crippen LogP contribution is -2.39. The highest BCUT2D eigenvalue weighted by Crippen LogP contribution is 2.33. The minimum Gasteiger partial charge on any atom is -0.417 e. The lowest BCUT2D eigenvalue weighted by atomic mass is 10.0. The number of amides is 1. The van der Waals surface area contributed by atoms with Crippen molar-refractivity contribution in [1.29, 1.82) is 0 Å². The molecule has 3 aromatic heterocycles. The lowest BCUT2D eigenvalue weighted by molar-refractivity contribution is -0.134. The minimum atomic E-state index is -0.202. The van der Waals surface area contributed by atoms with Gasteiger partial charge in [0.1, 0.15) is 11.7 Å². The Morgan fingerprint density at radius 3 is 2.90 bits per heavy atom. The van der Waals surface area contributed by atoms with Gasteiger partial charge in [-0.15, -0.1) is 21.5 Å². The van der Waals surface area contributed by atoms with Crippen LogP contribution in [0, 0.1) is 13.8 Å². The molecule has 1 aliphatic rings. The van der Waals surface area contributed by atoms with Crippen LogP contribution >= 0.6 is 11.3 Å². The number of aromatic nitrogens is 4. The molecule has 31 heavy (non-hydrogen) atoms. The number of thiazole rings is 1. The summed E-state index contributed by atoms with van der Waals surface area (Å²) in [6.45, 7) is 4.63. The predicted octanol–water partition coefficient (Wildman–Crippen LogP) is 4.65. The third-order valence-corrected chi connectivity index (χ3v) is 6.81. The van der Waals surface area contributed by atoms with Crippen LogP contribution in [0.2, 0.25) is 0 Å². The van der Waals surface area contributed by atoms with E-state index < -0.39 is 0 Å². The quantitative estimate of drug-likeness (QED) is 0.466. The van der Waals surface area contributed by atoms with E-state index >= 15 is 0 Å². The molecule has 4 heterocycles. The molecule has 1 atom stereocenters. The van der Waals surface area contributed by atoms with E-state index in [4.69, 9.17) is 4.42 Å². The molecular weight excluding hydrogens is 410 g/mol. The summed E-state index contributed by atoms with van der Waals surface area (Å²) in [6, 6.07) is 9.74. The average Bonchev–Trinajstić information content (AvgIpc) is 3.39. The Bertz CT molecular complexity index is 1240. The molecule has 1 fully saturated rings. The van der Waals surface area contributed by atoms with Crippen molar-refractivity contribution in [2.75, 3.05) is 6.54 Å². The predicted molar refractivity (Wildman–Crippen MR) is 119 cm³/mol. The van der Waals surface area contributed by atoms with E-state index in [0.29, 0.717) is 30.4 Å². The summed E-state index contributed by atoms with van der Waals surface area (Å²) in [5, 5.41) is 11.6. The molecule has 7 nitrogen and oxygen atoms in total. The molecule has 1 unspecified atom stereocenters. The highest BCUT2D eigenvalue weighted by atomic mass is 32.1. The van der Waals surface area contributed by atoms with Crippen molar-refractivity contribution in [3.63, 3.8) is 0 Å². The van der Waals surface area contributed by atoms with E-state index in [1.807, 2.05) is 49.1 Å². The topological polar surface area (TPSA) is 85.0 Å². The Kier molecular flexibility index (Phi) is 5.23. The summed E-state index contributed by atoms with van der Waals surface area (Å²) < 4.78 is 6.09. The molecule has 158 valence electrons. The van der Waals surface area contributed by atoms with Gasteiger partial charge in [0.15, 0.2) is 0 Å². The first-order valence-electron chi connectivity index (χ1n) is 10.5. The smallest absolute Gasteiger partial charge is 0.267 e. The maximum atomic E-state index is 13.2. The Hall–Kier alpha value is -3.13. The van der Waals surface area contributed by atoms with Crippen LogP contribution in [0.4, 0.5) is 0 Å². The fraction of sp³-hybridized carbons (Fsp3) is 0.348. The van der Waals surface area contributed by atoms with E-state index in [2.05, 4.69) is 20.2 Å². The van der Waals surface area contributed by atoms with E-state index in [1.165, 1.54) is 0 Å². The van der Waals surface area contributed by atoms with Crippen molar-refractivity contribution >= 4 is 28.0 Å². The highest BCUT2D eigenvalue weighted by Gasteiger charge is 2.32. The number of benzene rings is 1. The van der Waals surface area contributed by atoms with Gasteiger partial charge in [0.2, 0.25) is 11.8 Å². The van der Waals surface area contributed by atoms with Gasteiger partial charge >= 0.3 is 0 Å². The number of pyridine rings is 1. The van der Waals surface area contributed by atoms with E-state index in [0.717, 1.165) is 45.6 Å². The molecule has 5 rings (SSSR count). The molecule has 0 N–H and O–H groups in total. The number of aryl methyl sites for hydroxylation is 2. The van der Waals surface area contributed by atoms with Crippen LogP contribution in [0.25, 0.3) is 22.4 Å². The molecule has 0 aliphatic carbocycles. The van der Waals surface area contributed by atoms with E-state index in [-0.39, 0.29) is 11.9 Å². The first kappa shape index (κ1) is 19.8. The molecule has 0 radical (unpaired) electrons. The van der Waals surface area contributed by atoms with Crippen molar-refractivity contribution in [2.45, 2.75) is 45.6 Å². The van der Waals surface area contributed by atoms with Gasteiger partial charge in [-0.25, -0.2) is 4.98 Å². The van der Waals surface area contributed by atoms with Crippen LogP contribution in [-0.4, -0.2) is 37.5 Å². The van der Waals surface area contributed by atoms with Crippen LogP contribution in [0.15, 0.2) is 40.9 Å². The normalized spacial score (nSPS) is 16.7. The van der Waals surface area contributed by atoms with Crippen molar-refractivity contribution in [1.82, 2.24) is 25.1 Å². The summed E-state index contributed by atoms with van der Waals surface area (Å²) in [4.78, 5) is 25.0. The molecule has 4 aromatic rings. The third-order valence-electron chi connectivity index (χ3n) is 5.74. The van der Waals surface area contributed by atoms with Gasteiger partial charge in [0.05, 0.1) is 17.1 Å². The van der Waals surface area contributed by atoms with Gasteiger partial charge in [-0.3, -0.25) is 9.78 Å². The van der Waals surface area contributed by atoms with Crippen LogP contribution in [0.1, 0.15) is 46.8 Å². The monoisotopic (exact) mass is 433 g/mol. The van der Waals surface area contributed by atoms with Crippen molar-refractivity contribution in [3.8, 4) is 11.6 Å². The van der Waals surface area contributed by atoms with E-state index in [1.54, 1.807) is 17.5 Å². The van der Waals surface area contributed by atoms with Gasteiger partial charge < -0.3 is 9.32 Å². The maximum absolute atomic E-state index is 13.2. The molecule has 0 saturated carbocycles. The van der Waals surface area contributed by atoms with Gasteiger partial charge in [-0.1, -0.05) is 24.3 Å². The van der Waals surface area contributed by atoms with Crippen molar-refractivity contribution in [2.24, 2.45) is 0 Å². The lowest BCUT2D eigenvalue weighted by Gasteiger charge is -2.33. The summed E-state index contributed by atoms with van der Waals surface area (Å²) in [5.41, 5.74) is 1.60. The third kappa shape index (κ3) is 3.83. The van der Waals surface area contributed by atoms with Crippen LogP contribution < -0.4 is 0 Å². The maximum Gasteiger partial charge on any atom is 0.267 e. The molecule has 1 aliphatic heterocycles. The standard InChI is InChI=1S/C23H23N5O2S/c1-14-19(31-15(2)25-14)13-20(29)28-12-6-5-9-18(28)22-26-27-23(30-22)21-17-8-4-3-7-16(17)10-11-24-21/h3-4,7-8,10-11,18H,5-6,9,12-13H2,1-2H3. The molecule has 0 spiro atoms. The Morgan fingerprint density at radius 2 is 2.06 bits per heavy atom. The molecule has 1 aromatic carbocycles. The second-order valence-electron chi connectivity index (χ2n) is 7.84. The summed E-state index contributed by atoms with van der Waals surface area (Å²) >= 11 is 1.59. The van der Waals surface area contributed by atoms with Crippen LogP contribution in [0.5, 0.6) is 0 Å². The van der Waals surface area contributed by atoms with Gasteiger partial charge in [-0.05, 0) is 44.6 Å². The van der Waals surface area contributed by atoms with Crippen LogP contribution in [0.3, 0.4) is 0 Å². The van der Waals surface area contributed by atoms with Gasteiger partial charge in [0.25, 0.3) is 5.89 Å². The number of nitrogens with zero attached hydrogens (tertiary/aromatic N) is 5. The van der Waals surface area contributed by atoms with Crippen molar-refractivity contribution < 1.29 is 9.21 Å². The van der Waals surface area contributed by atoms with Crippen molar-refractivity contribution in [3.05, 3.63) is 58.0 Å². The largest absolute Gasteiger partial charge is 0.417 e. The molecule has 8 heteroatoms. The summed E-state index contributed by atoms with van der Waals surface area (Å²) in [5.74, 6) is 0.952. The zero-order chi connectivity index (χ0) is 21.4. The number of likely N-dealkylation sites (tertiary alicyclic amines) is 1. The first-order valence-corrected chi connectivity index (χ1v) is 11.3. The zero-order valence-corrected chi connectivity index (χ0v) is 18.4. The number of hydrogen-bond acceptors (Lipinski definition) is 7. The van der Waals surface area contributed by atoms with Gasteiger partial charge in [-0.2, -0.15) is 0 Å². The second-order valence-corrected chi connectivity index (χ2v) is 9.13. The Balaban J connectivity index is 1.43. The summed E-state index contributed by atoms with van der Waals surface area (Å²) in [7, 11) is 0. The molecule has 1 saturated heterocycles. The first-order chi connectivity index (χ1) is 15.1. The number of piperidine rings is 1. The second kappa shape index (κ2) is 8.19. The summed E-state index contributed by atoms with van der Waals surface area (Å²) in [6.07, 6.45) is 4.93. The Morgan fingerprint density at radius 1 is 1.19 bits per heavy atom. The minimum absolute atomic E-state index is 0.0829. The Labute approximate surface area is 184 Å². The molecular formula is C23H23N5O2S. The zero-order valence-electron chi connectivity index (χ0n) is 17.5. The van der Waals surface area contributed by atoms with Crippen LogP contribution in [-0.2, 0) is 11.2 Å². The highest BCUT2D eigenvalue weighted by molar-refractivity contribution is 7.11. The number of rotatable bonds is 4. The number of carbonyl (C=O) groups is 1. The number of carbonyl (C=O) groups excluding carboxylic acids is 1. The van der Waals surface area contributed by atoms with Gasteiger partial charge in [0, 0.05) is 23.0 Å². The average molecular weight is 434 g/mol. The number of fused-ring (bicyclic) bond motifs is 1. The SMILES string of the molecule is Cc1nc(C)c(CC(=O)N2CCCCC2c2nnc(-c3nccc4ccccc34)o2)s1. The molecule has 0 bridgehead atoms. The fourth-order valence-electron chi connectivity index (χ4n) is 4.22. The van der Waals surface area contributed by atoms with E-state index in [9.17, 15) is 4.79 Å². The fourth-order valence-corrected chi connectivity index (χ4v) is 5.15. The number of hydrogen-bond donors (Lipinski definition) is 0. The molecule has 1 amide bonds.